The summed E-state index contributed by atoms with van der Waals surface area (Å²) < 4.78 is 32.1. The number of amides is 1. The lowest BCUT2D eigenvalue weighted by Crippen LogP contribution is -2.35. The van der Waals surface area contributed by atoms with Crippen molar-refractivity contribution in [2.75, 3.05) is 19.7 Å². The fraction of sp³-hybridized carbons (Fsp3) is 0.417. The summed E-state index contributed by atoms with van der Waals surface area (Å²) in [6.07, 6.45) is 5.60. The number of rotatable bonds is 6. The van der Waals surface area contributed by atoms with E-state index in [-0.39, 0.29) is 29.0 Å². The van der Waals surface area contributed by atoms with Gasteiger partial charge in [-0.2, -0.15) is 4.31 Å². The molecule has 0 aromatic heterocycles. The summed E-state index contributed by atoms with van der Waals surface area (Å²) >= 11 is 0. The Morgan fingerprint density at radius 2 is 1.69 bits per heavy atom. The molecule has 1 saturated heterocycles. The van der Waals surface area contributed by atoms with Crippen LogP contribution >= 0.6 is 0 Å². The van der Waals surface area contributed by atoms with Crippen molar-refractivity contribution in [3.05, 3.63) is 65.2 Å². The highest BCUT2D eigenvalue weighted by Crippen LogP contribution is 2.29. The number of esters is 1. The Bertz CT molecular complexity index is 1080. The van der Waals surface area contributed by atoms with Gasteiger partial charge in [0, 0.05) is 13.1 Å². The van der Waals surface area contributed by atoms with Gasteiger partial charge in [-0.1, -0.05) is 30.7 Å². The Hall–Kier alpha value is -2.71. The Labute approximate surface area is 188 Å². The zero-order valence-corrected chi connectivity index (χ0v) is 18.8. The first kappa shape index (κ1) is 22.5. The van der Waals surface area contributed by atoms with Crippen LogP contribution in [0.15, 0.2) is 53.4 Å². The quantitative estimate of drug-likeness (QED) is 0.674. The van der Waals surface area contributed by atoms with Gasteiger partial charge in [0.1, 0.15) is 0 Å². The number of benzene rings is 2. The zero-order chi connectivity index (χ0) is 22.6. The lowest BCUT2D eigenvalue weighted by molar-refractivity contribution is -0.125. The van der Waals surface area contributed by atoms with Crippen LogP contribution in [-0.2, 0) is 26.0 Å². The van der Waals surface area contributed by atoms with E-state index < -0.39 is 16.0 Å². The number of aryl methyl sites for hydroxylation is 1. The van der Waals surface area contributed by atoms with E-state index in [0.717, 1.165) is 44.1 Å². The van der Waals surface area contributed by atoms with Gasteiger partial charge < -0.3 is 10.1 Å². The number of sulfonamides is 1. The van der Waals surface area contributed by atoms with Crippen molar-refractivity contribution >= 4 is 21.9 Å². The summed E-state index contributed by atoms with van der Waals surface area (Å²) in [7, 11) is -3.55. The SMILES string of the molecule is O=C(COC(=O)c1ccc(S(=O)(=O)N2CCCCC2)cc1)N[C@@H]1CCCc2ccccc21. The van der Waals surface area contributed by atoms with Gasteiger partial charge in [-0.15, -0.1) is 0 Å². The van der Waals surface area contributed by atoms with Crippen LogP contribution in [0.2, 0.25) is 0 Å². The van der Waals surface area contributed by atoms with Crippen LogP contribution in [-0.4, -0.2) is 44.3 Å². The molecule has 1 atom stereocenters. The molecule has 1 amide bonds. The van der Waals surface area contributed by atoms with E-state index in [9.17, 15) is 18.0 Å². The maximum absolute atomic E-state index is 12.7. The molecule has 0 radical (unpaired) electrons. The smallest absolute Gasteiger partial charge is 0.338 e. The van der Waals surface area contributed by atoms with Crippen molar-refractivity contribution in [1.82, 2.24) is 9.62 Å². The normalized spacial score (nSPS) is 19.1. The van der Waals surface area contributed by atoms with E-state index in [1.807, 2.05) is 18.2 Å². The number of piperidine rings is 1. The van der Waals surface area contributed by atoms with E-state index >= 15 is 0 Å². The first-order chi connectivity index (χ1) is 15.4. The predicted octanol–water partition coefficient (Wildman–Crippen LogP) is 3.21. The van der Waals surface area contributed by atoms with Crippen LogP contribution < -0.4 is 5.32 Å². The fourth-order valence-corrected chi connectivity index (χ4v) is 5.89. The number of hydrogen-bond acceptors (Lipinski definition) is 5. The van der Waals surface area contributed by atoms with Gasteiger partial charge in [-0.05, 0) is 67.5 Å². The molecular formula is C24H28N2O5S. The minimum Gasteiger partial charge on any atom is -0.452 e. The zero-order valence-electron chi connectivity index (χ0n) is 18.0. The van der Waals surface area contributed by atoms with E-state index in [2.05, 4.69) is 11.4 Å². The number of hydrogen-bond donors (Lipinski definition) is 1. The molecular weight excluding hydrogens is 428 g/mol. The molecule has 32 heavy (non-hydrogen) atoms. The second kappa shape index (κ2) is 9.83. The molecule has 1 aliphatic carbocycles. The molecule has 2 aromatic carbocycles. The van der Waals surface area contributed by atoms with Gasteiger partial charge in [0.05, 0.1) is 16.5 Å². The van der Waals surface area contributed by atoms with Gasteiger partial charge in [0.15, 0.2) is 6.61 Å². The van der Waals surface area contributed by atoms with E-state index in [4.69, 9.17) is 4.74 Å². The summed E-state index contributed by atoms with van der Waals surface area (Å²) in [6, 6.07) is 13.6. The molecule has 8 heteroatoms. The third-order valence-electron chi connectivity index (χ3n) is 6.08. The van der Waals surface area contributed by atoms with Crippen LogP contribution in [0.5, 0.6) is 0 Å². The summed E-state index contributed by atoms with van der Waals surface area (Å²) in [6.45, 7) is 0.657. The molecule has 0 saturated carbocycles. The average molecular weight is 457 g/mol. The summed E-state index contributed by atoms with van der Waals surface area (Å²) in [5.41, 5.74) is 2.56. The highest BCUT2D eigenvalue weighted by Gasteiger charge is 2.26. The summed E-state index contributed by atoms with van der Waals surface area (Å²) in [5, 5.41) is 2.95. The second-order valence-corrected chi connectivity index (χ2v) is 10.2. The topological polar surface area (TPSA) is 92.8 Å². The van der Waals surface area contributed by atoms with E-state index in [1.54, 1.807) is 0 Å². The van der Waals surface area contributed by atoms with Crippen molar-refractivity contribution in [2.45, 2.75) is 49.5 Å². The lowest BCUT2D eigenvalue weighted by Gasteiger charge is -2.26. The Morgan fingerprint density at radius 3 is 2.44 bits per heavy atom. The fourth-order valence-electron chi connectivity index (χ4n) is 4.37. The highest BCUT2D eigenvalue weighted by atomic mass is 32.2. The van der Waals surface area contributed by atoms with Crippen LogP contribution in [0, 0.1) is 0 Å². The molecule has 0 spiro atoms. The molecule has 1 fully saturated rings. The van der Waals surface area contributed by atoms with Crippen molar-refractivity contribution in [1.29, 1.82) is 0 Å². The third kappa shape index (κ3) is 5.02. The molecule has 2 aromatic rings. The first-order valence-corrected chi connectivity index (χ1v) is 12.5. The predicted molar refractivity (Wildman–Crippen MR) is 120 cm³/mol. The molecule has 0 unspecified atom stereocenters. The lowest BCUT2D eigenvalue weighted by atomic mass is 9.88. The molecule has 1 N–H and O–H groups in total. The Kier molecular flexibility index (Phi) is 6.91. The monoisotopic (exact) mass is 456 g/mol. The van der Waals surface area contributed by atoms with Crippen LogP contribution in [0.4, 0.5) is 0 Å². The maximum atomic E-state index is 12.7. The van der Waals surface area contributed by atoms with Crippen molar-refractivity contribution in [3.8, 4) is 0 Å². The number of fused-ring (bicyclic) bond motifs is 1. The first-order valence-electron chi connectivity index (χ1n) is 11.1. The molecule has 1 aliphatic heterocycles. The number of carbonyl (C=O) groups excluding carboxylic acids is 2. The van der Waals surface area contributed by atoms with Crippen LogP contribution in [0.25, 0.3) is 0 Å². The van der Waals surface area contributed by atoms with Crippen molar-refractivity contribution in [2.24, 2.45) is 0 Å². The number of nitrogens with one attached hydrogen (secondary N) is 1. The van der Waals surface area contributed by atoms with Gasteiger partial charge >= 0.3 is 5.97 Å². The third-order valence-corrected chi connectivity index (χ3v) is 7.99. The number of carbonyl (C=O) groups is 2. The van der Waals surface area contributed by atoms with Crippen LogP contribution in [0.3, 0.4) is 0 Å². The molecule has 170 valence electrons. The number of ether oxygens (including phenoxy) is 1. The Balaban J connectivity index is 1.32. The van der Waals surface area contributed by atoms with Gasteiger partial charge in [0.25, 0.3) is 5.91 Å². The van der Waals surface area contributed by atoms with Crippen molar-refractivity contribution < 1.29 is 22.7 Å². The standard InChI is InChI=1S/C24H28N2O5S/c27-23(25-22-10-6-8-18-7-2-3-9-21(18)22)17-31-24(28)19-11-13-20(14-12-19)32(29,30)26-15-4-1-5-16-26/h2-3,7,9,11-14,22H,1,4-6,8,10,15-17H2,(H,25,27)/t22-/m1/s1. The summed E-state index contributed by atoms with van der Waals surface area (Å²) in [4.78, 5) is 24.8. The van der Waals surface area contributed by atoms with E-state index in [1.165, 1.54) is 34.1 Å². The van der Waals surface area contributed by atoms with E-state index in [0.29, 0.717) is 13.1 Å². The molecule has 2 aliphatic rings. The number of nitrogens with zero attached hydrogens (tertiary/aromatic N) is 1. The average Bonchev–Trinajstić information content (AvgIpc) is 2.83. The minimum absolute atomic E-state index is 0.0783. The molecule has 1 heterocycles. The molecule has 0 bridgehead atoms. The molecule has 4 rings (SSSR count). The van der Waals surface area contributed by atoms with Crippen LogP contribution in [0.1, 0.15) is 59.6 Å². The summed E-state index contributed by atoms with van der Waals surface area (Å²) in [5.74, 6) is -1.02. The minimum atomic E-state index is -3.55. The van der Waals surface area contributed by atoms with Crippen molar-refractivity contribution in [3.63, 3.8) is 0 Å². The largest absolute Gasteiger partial charge is 0.452 e. The van der Waals surface area contributed by atoms with Gasteiger partial charge in [-0.3, -0.25) is 4.79 Å². The second-order valence-electron chi connectivity index (χ2n) is 8.28. The Morgan fingerprint density at radius 1 is 0.969 bits per heavy atom. The molecule has 7 nitrogen and oxygen atoms in total. The maximum Gasteiger partial charge on any atom is 0.338 e. The highest BCUT2D eigenvalue weighted by molar-refractivity contribution is 7.89. The van der Waals surface area contributed by atoms with Gasteiger partial charge in [0.2, 0.25) is 10.0 Å². The van der Waals surface area contributed by atoms with Gasteiger partial charge in [-0.25, -0.2) is 13.2 Å².